The van der Waals surface area contributed by atoms with E-state index >= 15 is 0 Å². The van der Waals surface area contributed by atoms with Crippen molar-refractivity contribution in [3.63, 3.8) is 0 Å². The lowest BCUT2D eigenvalue weighted by molar-refractivity contribution is -0.385. The average molecular weight is 343 g/mol. The standard InChI is InChI=1S/C18H21N3O4/c1-12-5-3-4-6-15(12)20-18(22)14(11-19)9-13-7-8-17(25-2)16(10-13)21(23)24/h7-10,12,15H,3-6H2,1-2H3,(H,20,22)/b14-9+. The average Bonchev–Trinajstić information content (AvgIpc) is 2.61. The number of ether oxygens (including phenoxy) is 1. The summed E-state index contributed by atoms with van der Waals surface area (Å²) in [6.45, 7) is 2.09. The lowest BCUT2D eigenvalue weighted by Gasteiger charge is -2.29. The van der Waals surface area contributed by atoms with Gasteiger partial charge in [-0.3, -0.25) is 14.9 Å². The number of rotatable bonds is 5. The van der Waals surface area contributed by atoms with E-state index in [9.17, 15) is 20.2 Å². The molecule has 1 amide bonds. The van der Waals surface area contributed by atoms with Gasteiger partial charge in [0, 0.05) is 12.1 Å². The first kappa shape index (κ1) is 18.5. The number of carbonyl (C=O) groups excluding carboxylic acids is 1. The topological polar surface area (TPSA) is 105 Å². The number of nitriles is 1. The zero-order chi connectivity index (χ0) is 18.4. The minimum atomic E-state index is -0.563. The van der Waals surface area contributed by atoms with Crippen LogP contribution in [-0.2, 0) is 4.79 Å². The first-order valence-electron chi connectivity index (χ1n) is 8.21. The molecule has 1 aromatic rings. The van der Waals surface area contributed by atoms with Crippen molar-refractivity contribution in [1.29, 1.82) is 5.26 Å². The molecule has 25 heavy (non-hydrogen) atoms. The molecule has 1 fully saturated rings. The van der Waals surface area contributed by atoms with Crippen LogP contribution in [0, 0.1) is 27.4 Å². The molecule has 1 aromatic carbocycles. The molecule has 2 atom stereocenters. The van der Waals surface area contributed by atoms with Crippen LogP contribution in [0.3, 0.4) is 0 Å². The van der Waals surface area contributed by atoms with Crippen LogP contribution in [-0.4, -0.2) is 24.0 Å². The van der Waals surface area contributed by atoms with Crippen molar-refractivity contribution in [2.24, 2.45) is 5.92 Å². The summed E-state index contributed by atoms with van der Waals surface area (Å²) in [6.07, 6.45) is 5.53. The number of nitrogens with zero attached hydrogens (tertiary/aromatic N) is 2. The molecule has 0 saturated heterocycles. The maximum atomic E-state index is 12.4. The van der Waals surface area contributed by atoms with E-state index in [1.807, 2.05) is 6.07 Å². The highest BCUT2D eigenvalue weighted by Crippen LogP contribution is 2.28. The van der Waals surface area contributed by atoms with E-state index in [2.05, 4.69) is 12.2 Å². The summed E-state index contributed by atoms with van der Waals surface area (Å²) in [5.74, 6) is 0.0561. The smallest absolute Gasteiger partial charge is 0.311 e. The van der Waals surface area contributed by atoms with Crippen molar-refractivity contribution in [3.05, 3.63) is 39.4 Å². The molecule has 0 heterocycles. The first-order chi connectivity index (χ1) is 12.0. The lowest BCUT2D eigenvalue weighted by atomic mass is 9.86. The fourth-order valence-corrected chi connectivity index (χ4v) is 3.03. The van der Waals surface area contributed by atoms with Gasteiger partial charge in [0.2, 0.25) is 0 Å². The Morgan fingerprint density at radius 3 is 2.76 bits per heavy atom. The molecular formula is C18H21N3O4. The van der Waals surface area contributed by atoms with Crippen molar-refractivity contribution in [3.8, 4) is 11.8 Å². The second kappa shape index (κ2) is 8.29. The summed E-state index contributed by atoms with van der Waals surface area (Å²) in [6, 6.07) is 6.24. The molecular weight excluding hydrogens is 322 g/mol. The number of hydrogen-bond donors (Lipinski definition) is 1. The predicted molar refractivity (Wildman–Crippen MR) is 92.8 cm³/mol. The number of methoxy groups -OCH3 is 1. The molecule has 0 aromatic heterocycles. The van der Waals surface area contributed by atoms with E-state index in [1.165, 1.54) is 25.3 Å². The van der Waals surface area contributed by atoms with E-state index in [-0.39, 0.29) is 23.1 Å². The van der Waals surface area contributed by atoms with Gasteiger partial charge in [0.25, 0.3) is 5.91 Å². The van der Waals surface area contributed by atoms with Crippen molar-refractivity contribution in [2.45, 2.75) is 38.6 Å². The van der Waals surface area contributed by atoms with Gasteiger partial charge in [-0.2, -0.15) is 5.26 Å². The zero-order valence-corrected chi connectivity index (χ0v) is 14.3. The van der Waals surface area contributed by atoms with Gasteiger partial charge in [-0.05, 0) is 36.5 Å². The van der Waals surface area contributed by atoms with Crippen LogP contribution in [0.15, 0.2) is 23.8 Å². The highest BCUT2D eigenvalue weighted by molar-refractivity contribution is 6.01. The third kappa shape index (κ3) is 4.57. The molecule has 2 rings (SSSR count). The molecule has 1 aliphatic rings. The Morgan fingerprint density at radius 1 is 1.44 bits per heavy atom. The van der Waals surface area contributed by atoms with Gasteiger partial charge in [-0.25, -0.2) is 0 Å². The van der Waals surface area contributed by atoms with E-state index < -0.39 is 10.8 Å². The van der Waals surface area contributed by atoms with Crippen LogP contribution in [0.4, 0.5) is 5.69 Å². The number of hydrogen-bond acceptors (Lipinski definition) is 5. The summed E-state index contributed by atoms with van der Waals surface area (Å²) >= 11 is 0. The van der Waals surface area contributed by atoms with Gasteiger partial charge in [0.1, 0.15) is 11.6 Å². The Hall–Kier alpha value is -2.88. The highest BCUT2D eigenvalue weighted by Gasteiger charge is 2.24. The fourth-order valence-electron chi connectivity index (χ4n) is 3.03. The number of amides is 1. The molecule has 132 valence electrons. The van der Waals surface area contributed by atoms with Gasteiger partial charge in [-0.1, -0.05) is 25.8 Å². The van der Waals surface area contributed by atoms with Crippen LogP contribution in [0.5, 0.6) is 5.75 Å². The first-order valence-corrected chi connectivity index (χ1v) is 8.21. The van der Waals surface area contributed by atoms with E-state index in [1.54, 1.807) is 6.07 Å². The molecule has 7 nitrogen and oxygen atoms in total. The van der Waals surface area contributed by atoms with E-state index in [0.717, 1.165) is 25.7 Å². The van der Waals surface area contributed by atoms with Gasteiger partial charge in [0.05, 0.1) is 12.0 Å². The molecule has 2 unspecified atom stereocenters. The number of carbonyl (C=O) groups is 1. The molecule has 1 aliphatic carbocycles. The van der Waals surface area contributed by atoms with Crippen LogP contribution in [0.1, 0.15) is 38.2 Å². The molecule has 7 heteroatoms. The van der Waals surface area contributed by atoms with Crippen molar-refractivity contribution in [2.75, 3.05) is 7.11 Å². The van der Waals surface area contributed by atoms with Gasteiger partial charge in [0.15, 0.2) is 5.75 Å². The molecule has 0 spiro atoms. The fraction of sp³-hybridized carbons (Fsp3) is 0.444. The largest absolute Gasteiger partial charge is 0.490 e. The molecule has 1 N–H and O–H groups in total. The van der Waals surface area contributed by atoms with Crippen molar-refractivity contribution >= 4 is 17.7 Å². The SMILES string of the molecule is COc1ccc(/C=C(\C#N)C(=O)NC2CCCCC2C)cc1[N+](=O)[O-]. The Morgan fingerprint density at radius 2 is 2.16 bits per heavy atom. The molecule has 0 aliphatic heterocycles. The van der Waals surface area contributed by atoms with E-state index in [0.29, 0.717) is 11.5 Å². The zero-order valence-electron chi connectivity index (χ0n) is 14.3. The Labute approximate surface area is 146 Å². The summed E-state index contributed by atoms with van der Waals surface area (Å²) in [4.78, 5) is 22.9. The van der Waals surface area contributed by atoms with Crippen molar-refractivity contribution in [1.82, 2.24) is 5.32 Å². The second-order valence-corrected chi connectivity index (χ2v) is 6.20. The quantitative estimate of drug-likeness (QED) is 0.382. The Kier molecular flexibility index (Phi) is 6.12. The molecule has 0 bridgehead atoms. The van der Waals surface area contributed by atoms with Gasteiger partial charge in [-0.15, -0.1) is 0 Å². The van der Waals surface area contributed by atoms with Gasteiger partial charge < -0.3 is 10.1 Å². The third-order valence-electron chi connectivity index (χ3n) is 4.50. The number of nitro benzene ring substituents is 1. The molecule has 0 radical (unpaired) electrons. The summed E-state index contributed by atoms with van der Waals surface area (Å²) in [7, 11) is 1.34. The maximum absolute atomic E-state index is 12.4. The lowest BCUT2D eigenvalue weighted by Crippen LogP contribution is -2.41. The second-order valence-electron chi connectivity index (χ2n) is 6.20. The highest BCUT2D eigenvalue weighted by atomic mass is 16.6. The summed E-state index contributed by atoms with van der Waals surface area (Å²) in [5, 5.41) is 23.3. The van der Waals surface area contributed by atoms with Crippen LogP contribution >= 0.6 is 0 Å². The summed E-state index contributed by atoms with van der Waals surface area (Å²) in [5.41, 5.74) is 0.114. The third-order valence-corrected chi connectivity index (χ3v) is 4.50. The summed E-state index contributed by atoms with van der Waals surface area (Å²) < 4.78 is 4.95. The minimum absolute atomic E-state index is 0.0585. The van der Waals surface area contributed by atoms with E-state index in [4.69, 9.17) is 4.74 Å². The Bertz CT molecular complexity index is 736. The van der Waals surface area contributed by atoms with Gasteiger partial charge >= 0.3 is 5.69 Å². The number of nitro groups is 1. The van der Waals surface area contributed by atoms with Crippen LogP contribution in [0.2, 0.25) is 0 Å². The normalized spacial score (nSPS) is 20.4. The monoisotopic (exact) mass is 343 g/mol. The number of benzene rings is 1. The van der Waals surface area contributed by atoms with Crippen LogP contribution in [0.25, 0.3) is 6.08 Å². The molecule has 1 saturated carbocycles. The predicted octanol–water partition coefficient (Wildman–Crippen LogP) is 3.21. The Balaban J connectivity index is 2.22. The number of nitrogens with one attached hydrogen (secondary N) is 1. The van der Waals surface area contributed by atoms with Crippen molar-refractivity contribution < 1.29 is 14.5 Å². The van der Waals surface area contributed by atoms with Crippen LogP contribution < -0.4 is 10.1 Å². The maximum Gasteiger partial charge on any atom is 0.311 e. The minimum Gasteiger partial charge on any atom is -0.490 e.